The molecule has 0 atom stereocenters. The molecule has 1 aromatic rings. The largest absolute Gasteiger partial charge is 0.247 e. The van der Waals surface area contributed by atoms with E-state index >= 15 is 0 Å². The molecule has 0 aliphatic rings. The van der Waals surface area contributed by atoms with Crippen LogP contribution in [0.3, 0.4) is 0 Å². The van der Waals surface area contributed by atoms with E-state index < -0.39 is 0 Å². The molecule has 1 rings (SSSR count). The van der Waals surface area contributed by atoms with E-state index in [-0.39, 0.29) is 0 Å². The molecular weight excluding hydrogens is 218 g/mol. The van der Waals surface area contributed by atoms with Gasteiger partial charge in [0.2, 0.25) is 6.08 Å². The van der Waals surface area contributed by atoms with Crippen molar-refractivity contribution < 1.29 is 4.79 Å². The van der Waals surface area contributed by atoms with Crippen molar-refractivity contribution in [1.82, 2.24) is 0 Å². The monoisotopic (exact) mass is 235 g/mol. The molecule has 0 unspecified atom stereocenters. The van der Waals surface area contributed by atoms with Crippen molar-refractivity contribution in [3.8, 4) is 0 Å². The Morgan fingerprint density at radius 2 is 1.62 bits per heavy atom. The third-order valence-corrected chi connectivity index (χ3v) is 3.31. The van der Waals surface area contributed by atoms with Gasteiger partial charge in [0.25, 0.3) is 0 Å². The van der Waals surface area contributed by atoms with Crippen LogP contribution in [-0.2, 0) is 4.79 Å². The summed E-state index contributed by atoms with van der Waals surface area (Å²) >= 11 is 1.23. The summed E-state index contributed by atoms with van der Waals surface area (Å²) in [5.74, 6) is 0.867. The fourth-order valence-electron chi connectivity index (χ4n) is 1.65. The maximum Gasteiger partial charge on any atom is 0.247 e. The third-order valence-electron chi connectivity index (χ3n) is 2.49. The molecule has 0 saturated carbocycles. The summed E-state index contributed by atoms with van der Waals surface area (Å²) in [5.41, 5.74) is 2.49. The summed E-state index contributed by atoms with van der Waals surface area (Å²) in [7, 11) is 0. The van der Waals surface area contributed by atoms with Crippen molar-refractivity contribution in [2.24, 2.45) is 4.40 Å². The zero-order valence-electron chi connectivity index (χ0n) is 10.2. The SMILES string of the molecule is CC(C)c1cccc(C(C)C)c1SN=C=O. The summed E-state index contributed by atoms with van der Waals surface area (Å²) in [6.45, 7) is 8.59. The van der Waals surface area contributed by atoms with E-state index in [0.717, 1.165) is 4.90 Å². The Bertz CT molecular complexity index is 380. The lowest BCUT2D eigenvalue weighted by molar-refractivity contribution is 0.566. The van der Waals surface area contributed by atoms with Crippen molar-refractivity contribution >= 4 is 18.0 Å². The van der Waals surface area contributed by atoms with Gasteiger partial charge in [-0.05, 0) is 23.0 Å². The maximum atomic E-state index is 10.2. The molecule has 0 amide bonds. The van der Waals surface area contributed by atoms with Crippen molar-refractivity contribution in [3.63, 3.8) is 0 Å². The van der Waals surface area contributed by atoms with Gasteiger partial charge in [-0.2, -0.15) is 0 Å². The van der Waals surface area contributed by atoms with Gasteiger partial charge in [-0.15, -0.1) is 4.40 Å². The highest BCUT2D eigenvalue weighted by Crippen LogP contribution is 2.35. The highest BCUT2D eigenvalue weighted by molar-refractivity contribution is 7.98. The molecule has 1 aromatic carbocycles. The second-order valence-electron chi connectivity index (χ2n) is 4.35. The minimum absolute atomic E-state index is 0.433. The lowest BCUT2D eigenvalue weighted by Gasteiger charge is -2.16. The van der Waals surface area contributed by atoms with Crippen LogP contribution in [0.4, 0.5) is 0 Å². The predicted molar refractivity (Wildman–Crippen MR) is 68.6 cm³/mol. The van der Waals surface area contributed by atoms with Gasteiger partial charge in [0.15, 0.2) is 0 Å². The van der Waals surface area contributed by atoms with Crippen LogP contribution in [0.1, 0.15) is 50.7 Å². The van der Waals surface area contributed by atoms with Gasteiger partial charge < -0.3 is 0 Å². The molecule has 0 fully saturated rings. The Hall–Kier alpha value is -1.05. The molecule has 0 aliphatic carbocycles. The Morgan fingerprint density at radius 3 is 2.00 bits per heavy atom. The Morgan fingerprint density at radius 1 is 1.12 bits per heavy atom. The van der Waals surface area contributed by atoms with Crippen LogP contribution in [-0.4, -0.2) is 6.08 Å². The normalized spacial score (nSPS) is 10.6. The van der Waals surface area contributed by atoms with Crippen LogP contribution in [0.2, 0.25) is 0 Å². The van der Waals surface area contributed by atoms with Crippen LogP contribution in [0, 0.1) is 0 Å². The van der Waals surface area contributed by atoms with Crippen molar-refractivity contribution in [2.75, 3.05) is 0 Å². The molecule has 0 aliphatic heterocycles. The Balaban J connectivity index is 3.28. The number of benzene rings is 1. The molecule has 0 aromatic heterocycles. The number of hydrogen-bond donors (Lipinski definition) is 0. The first-order valence-corrected chi connectivity index (χ1v) is 6.22. The zero-order chi connectivity index (χ0) is 12.1. The quantitative estimate of drug-likeness (QED) is 0.443. The van der Waals surface area contributed by atoms with E-state index in [1.807, 2.05) is 0 Å². The van der Waals surface area contributed by atoms with Crippen LogP contribution < -0.4 is 0 Å². The number of hydrogen-bond acceptors (Lipinski definition) is 3. The fourth-order valence-corrected chi connectivity index (χ4v) is 2.60. The van der Waals surface area contributed by atoms with Gasteiger partial charge >= 0.3 is 0 Å². The van der Waals surface area contributed by atoms with Gasteiger partial charge in [0, 0.05) is 16.8 Å². The summed E-state index contributed by atoms with van der Waals surface area (Å²) in [5, 5.41) is 0. The number of carbonyl (C=O) groups excluding carboxylic acids is 1. The average Bonchev–Trinajstić information content (AvgIpc) is 2.25. The van der Waals surface area contributed by atoms with Gasteiger partial charge in [-0.25, -0.2) is 4.79 Å². The van der Waals surface area contributed by atoms with E-state index in [1.165, 1.54) is 23.1 Å². The van der Waals surface area contributed by atoms with Crippen LogP contribution in [0.25, 0.3) is 0 Å². The summed E-state index contributed by atoms with van der Waals surface area (Å²) in [6, 6.07) is 6.26. The molecular formula is C13H17NOS. The zero-order valence-corrected chi connectivity index (χ0v) is 11.0. The molecule has 86 valence electrons. The van der Waals surface area contributed by atoms with E-state index in [9.17, 15) is 4.79 Å². The average molecular weight is 235 g/mol. The van der Waals surface area contributed by atoms with Gasteiger partial charge in [-0.1, -0.05) is 45.9 Å². The van der Waals surface area contributed by atoms with Gasteiger partial charge in [-0.3, -0.25) is 0 Å². The minimum Gasteiger partial charge on any atom is -0.210 e. The van der Waals surface area contributed by atoms with Crippen LogP contribution in [0.5, 0.6) is 0 Å². The van der Waals surface area contributed by atoms with E-state index in [4.69, 9.17) is 0 Å². The Kier molecular flexibility index (Phi) is 4.78. The van der Waals surface area contributed by atoms with Gasteiger partial charge in [0.1, 0.15) is 0 Å². The minimum atomic E-state index is 0.433. The van der Waals surface area contributed by atoms with Crippen LogP contribution >= 0.6 is 11.9 Å². The van der Waals surface area contributed by atoms with E-state index in [1.54, 1.807) is 6.08 Å². The second-order valence-corrected chi connectivity index (χ2v) is 5.12. The summed E-state index contributed by atoms with van der Waals surface area (Å²) in [6.07, 6.45) is 1.59. The van der Waals surface area contributed by atoms with E-state index in [0.29, 0.717) is 11.8 Å². The molecule has 16 heavy (non-hydrogen) atoms. The molecule has 0 radical (unpaired) electrons. The first-order valence-electron chi connectivity index (χ1n) is 5.45. The molecule has 0 bridgehead atoms. The molecule has 0 spiro atoms. The molecule has 3 heteroatoms. The summed E-state index contributed by atoms with van der Waals surface area (Å²) in [4.78, 5) is 11.3. The molecule has 2 nitrogen and oxygen atoms in total. The number of rotatable bonds is 4. The Labute approximate surface area is 101 Å². The smallest absolute Gasteiger partial charge is 0.210 e. The lowest BCUT2D eigenvalue weighted by Crippen LogP contribution is -1.97. The first kappa shape index (κ1) is 13.0. The standard InChI is InChI=1S/C13H17NOS/c1-9(2)11-6-5-7-12(10(3)4)13(11)16-14-8-15/h5-7,9-10H,1-4H3. The lowest BCUT2D eigenvalue weighted by atomic mass is 9.95. The van der Waals surface area contributed by atoms with Crippen molar-refractivity contribution in [3.05, 3.63) is 29.3 Å². The number of isocyanates is 1. The fraction of sp³-hybridized carbons (Fsp3) is 0.462. The molecule has 0 saturated heterocycles. The van der Waals surface area contributed by atoms with E-state index in [2.05, 4.69) is 50.3 Å². The molecule has 0 N–H and O–H groups in total. The van der Waals surface area contributed by atoms with Crippen molar-refractivity contribution in [2.45, 2.75) is 44.4 Å². The summed E-state index contributed by atoms with van der Waals surface area (Å²) < 4.78 is 3.64. The maximum absolute atomic E-state index is 10.2. The first-order chi connectivity index (χ1) is 7.57. The van der Waals surface area contributed by atoms with Gasteiger partial charge in [0.05, 0.1) is 0 Å². The highest BCUT2D eigenvalue weighted by Gasteiger charge is 2.13. The van der Waals surface area contributed by atoms with Crippen LogP contribution in [0.15, 0.2) is 27.5 Å². The van der Waals surface area contributed by atoms with Crippen molar-refractivity contribution in [1.29, 1.82) is 0 Å². The molecule has 0 heterocycles. The third kappa shape index (κ3) is 2.97. The highest BCUT2D eigenvalue weighted by atomic mass is 32.2. The topological polar surface area (TPSA) is 29.4 Å². The number of nitrogens with zero attached hydrogens (tertiary/aromatic N) is 1. The predicted octanol–water partition coefficient (Wildman–Crippen LogP) is 4.28. The second kappa shape index (κ2) is 5.88.